The predicted octanol–water partition coefficient (Wildman–Crippen LogP) is 4.15. The van der Waals surface area contributed by atoms with Crippen molar-refractivity contribution in [2.75, 3.05) is 5.32 Å². The van der Waals surface area contributed by atoms with Crippen LogP contribution in [-0.2, 0) is 11.3 Å². The quantitative estimate of drug-likeness (QED) is 0.708. The van der Waals surface area contributed by atoms with Crippen molar-refractivity contribution in [2.45, 2.75) is 32.7 Å². The van der Waals surface area contributed by atoms with Crippen molar-refractivity contribution in [3.63, 3.8) is 0 Å². The van der Waals surface area contributed by atoms with E-state index in [0.717, 1.165) is 12.1 Å². The zero-order chi connectivity index (χ0) is 18.5. The van der Waals surface area contributed by atoms with Gasteiger partial charge in [0.05, 0.1) is 5.02 Å². The molecular formula is C19H20ClN5O. The number of aromatic nitrogens is 4. The van der Waals surface area contributed by atoms with Crippen LogP contribution in [0.2, 0.25) is 5.02 Å². The second-order valence-electron chi connectivity index (χ2n) is 6.10. The molecule has 1 aromatic heterocycles. The molecule has 1 unspecified atom stereocenters. The van der Waals surface area contributed by atoms with Crippen LogP contribution in [0.25, 0.3) is 11.4 Å². The molecule has 0 radical (unpaired) electrons. The number of tetrazole rings is 1. The Balaban J connectivity index is 1.63. The van der Waals surface area contributed by atoms with Crippen LogP contribution < -0.4 is 5.32 Å². The molecule has 134 valence electrons. The molecule has 26 heavy (non-hydrogen) atoms. The van der Waals surface area contributed by atoms with Gasteiger partial charge in [0.1, 0.15) is 6.54 Å². The van der Waals surface area contributed by atoms with E-state index in [1.54, 1.807) is 6.07 Å². The molecular weight excluding hydrogens is 350 g/mol. The summed E-state index contributed by atoms with van der Waals surface area (Å²) in [7, 11) is 0. The maximum Gasteiger partial charge on any atom is 0.248 e. The van der Waals surface area contributed by atoms with E-state index in [0.29, 0.717) is 22.3 Å². The number of amides is 1. The van der Waals surface area contributed by atoms with Crippen LogP contribution in [-0.4, -0.2) is 26.1 Å². The maximum absolute atomic E-state index is 12.2. The Kier molecular flexibility index (Phi) is 5.63. The number of halogens is 1. The Hall–Kier alpha value is -2.73. The molecule has 1 heterocycles. The Morgan fingerprint density at radius 3 is 2.62 bits per heavy atom. The van der Waals surface area contributed by atoms with Crippen LogP contribution in [0.5, 0.6) is 0 Å². The molecule has 0 saturated carbocycles. The number of rotatable bonds is 6. The predicted molar refractivity (Wildman–Crippen MR) is 102 cm³/mol. The van der Waals surface area contributed by atoms with Gasteiger partial charge in [-0.3, -0.25) is 4.79 Å². The highest BCUT2D eigenvalue weighted by molar-refractivity contribution is 6.33. The van der Waals surface area contributed by atoms with Gasteiger partial charge >= 0.3 is 0 Å². The summed E-state index contributed by atoms with van der Waals surface area (Å²) in [5.74, 6) is 0.674. The van der Waals surface area contributed by atoms with Crippen LogP contribution in [0.1, 0.15) is 31.7 Å². The van der Waals surface area contributed by atoms with Crippen molar-refractivity contribution in [3.05, 3.63) is 59.1 Å². The SMILES string of the molecule is CCC(C)c1ccc(NC(=O)Cn2nnc(-c3ccccc3Cl)n2)cc1. The van der Waals surface area contributed by atoms with E-state index in [2.05, 4.69) is 34.6 Å². The summed E-state index contributed by atoms with van der Waals surface area (Å²) in [6.07, 6.45) is 1.08. The molecule has 7 heteroatoms. The van der Waals surface area contributed by atoms with Gasteiger partial charge in [-0.05, 0) is 47.4 Å². The maximum atomic E-state index is 12.2. The number of hydrogen-bond acceptors (Lipinski definition) is 4. The van der Waals surface area contributed by atoms with E-state index < -0.39 is 0 Å². The Bertz CT molecular complexity index is 891. The first kappa shape index (κ1) is 18.1. The lowest BCUT2D eigenvalue weighted by molar-refractivity contribution is -0.117. The molecule has 1 N–H and O–H groups in total. The van der Waals surface area contributed by atoms with Gasteiger partial charge in [0.15, 0.2) is 0 Å². The van der Waals surface area contributed by atoms with Gasteiger partial charge in [0.2, 0.25) is 11.7 Å². The lowest BCUT2D eigenvalue weighted by atomic mass is 9.99. The third-order valence-corrected chi connectivity index (χ3v) is 4.56. The largest absolute Gasteiger partial charge is 0.324 e. The summed E-state index contributed by atoms with van der Waals surface area (Å²) >= 11 is 6.13. The molecule has 6 nitrogen and oxygen atoms in total. The average molecular weight is 370 g/mol. The molecule has 0 aliphatic heterocycles. The van der Waals surface area contributed by atoms with Crippen LogP contribution >= 0.6 is 11.6 Å². The Labute approximate surface area is 157 Å². The van der Waals surface area contributed by atoms with Gasteiger partial charge in [0, 0.05) is 11.3 Å². The minimum atomic E-state index is -0.218. The molecule has 2 aromatic carbocycles. The molecule has 1 amide bonds. The highest BCUT2D eigenvalue weighted by atomic mass is 35.5. The zero-order valence-electron chi connectivity index (χ0n) is 14.7. The first-order valence-corrected chi connectivity index (χ1v) is 8.87. The number of carbonyl (C=O) groups is 1. The molecule has 1 atom stereocenters. The minimum Gasteiger partial charge on any atom is -0.324 e. The smallest absolute Gasteiger partial charge is 0.248 e. The fraction of sp³-hybridized carbons (Fsp3) is 0.263. The number of hydrogen-bond donors (Lipinski definition) is 1. The number of carbonyl (C=O) groups excluding carboxylic acids is 1. The molecule has 0 fully saturated rings. The van der Waals surface area contributed by atoms with Crippen molar-refractivity contribution in [1.82, 2.24) is 20.2 Å². The first-order chi connectivity index (χ1) is 12.6. The van der Waals surface area contributed by atoms with E-state index in [-0.39, 0.29) is 12.5 Å². The molecule has 3 rings (SSSR count). The number of nitrogens with one attached hydrogen (secondary N) is 1. The second kappa shape index (κ2) is 8.10. The summed E-state index contributed by atoms with van der Waals surface area (Å²) in [6.45, 7) is 4.31. The second-order valence-corrected chi connectivity index (χ2v) is 6.51. The van der Waals surface area contributed by atoms with Gasteiger partial charge in [-0.25, -0.2) is 0 Å². The monoisotopic (exact) mass is 369 g/mol. The topological polar surface area (TPSA) is 72.7 Å². The molecule has 0 aliphatic rings. The molecule has 0 bridgehead atoms. The Morgan fingerprint density at radius 1 is 1.19 bits per heavy atom. The lowest BCUT2D eigenvalue weighted by Gasteiger charge is -2.10. The van der Waals surface area contributed by atoms with E-state index in [1.807, 2.05) is 42.5 Å². The molecule has 3 aromatic rings. The molecule has 0 aliphatic carbocycles. The van der Waals surface area contributed by atoms with Crippen molar-refractivity contribution < 1.29 is 4.79 Å². The summed E-state index contributed by atoms with van der Waals surface area (Å²) in [4.78, 5) is 13.5. The van der Waals surface area contributed by atoms with Crippen LogP contribution in [0.3, 0.4) is 0 Å². The lowest BCUT2D eigenvalue weighted by Crippen LogP contribution is -2.20. The van der Waals surface area contributed by atoms with Crippen molar-refractivity contribution in [1.29, 1.82) is 0 Å². The summed E-state index contributed by atoms with van der Waals surface area (Å²) < 4.78 is 0. The van der Waals surface area contributed by atoms with E-state index in [1.165, 1.54) is 10.4 Å². The van der Waals surface area contributed by atoms with Gasteiger partial charge < -0.3 is 5.32 Å². The summed E-state index contributed by atoms with van der Waals surface area (Å²) in [6, 6.07) is 15.1. The average Bonchev–Trinajstić information content (AvgIpc) is 3.10. The van der Waals surface area contributed by atoms with E-state index in [4.69, 9.17) is 11.6 Å². The molecule has 0 spiro atoms. The highest BCUT2D eigenvalue weighted by Crippen LogP contribution is 2.23. The fourth-order valence-electron chi connectivity index (χ4n) is 2.52. The van der Waals surface area contributed by atoms with E-state index in [9.17, 15) is 4.79 Å². The normalized spacial score (nSPS) is 12.0. The van der Waals surface area contributed by atoms with Crippen molar-refractivity contribution in [2.24, 2.45) is 0 Å². The summed E-state index contributed by atoms with van der Waals surface area (Å²) in [5.41, 5.74) is 2.68. The van der Waals surface area contributed by atoms with Crippen LogP contribution in [0, 0.1) is 0 Å². The molecule has 0 saturated heterocycles. The minimum absolute atomic E-state index is 0.0232. The standard InChI is InChI=1S/C19H20ClN5O/c1-3-13(2)14-8-10-15(11-9-14)21-18(26)12-25-23-19(22-24-25)16-6-4-5-7-17(16)20/h4-11,13H,3,12H2,1-2H3,(H,21,26). The van der Waals surface area contributed by atoms with Crippen molar-refractivity contribution >= 4 is 23.2 Å². The van der Waals surface area contributed by atoms with Gasteiger partial charge in [-0.15, -0.1) is 10.2 Å². The van der Waals surface area contributed by atoms with Crippen molar-refractivity contribution in [3.8, 4) is 11.4 Å². The third kappa shape index (κ3) is 4.26. The van der Waals surface area contributed by atoms with Gasteiger partial charge in [-0.1, -0.05) is 49.7 Å². The van der Waals surface area contributed by atoms with Gasteiger partial charge in [-0.2, -0.15) is 4.80 Å². The number of benzene rings is 2. The number of anilines is 1. The van der Waals surface area contributed by atoms with E-state index >= 15 is 0 Å². The van der Waals surface area contributed by atoms with Gasteiger partial charge in [0.25, 0.3) is 0 Å². The van der Waals surface area contributed by atoms with Crippen LogP contribution in [0.4, 0.5) is 5.69 Å². The Morgan fingerprint density at radius 2 is 1.92 bits per heavy atom. The zero-order valence-corrected chi connectivity index (χ0v) is 15.4. The first-order valence-electron chi connectivity index (χ1n) is 8.49. The summed E-state index contributed by atoms with van der Waals surface area (Å²) in [5, 5.41) is 15.5. The highest BCUT2D eigenvalue weighted by Gasteiger charge is 2.12. The fourth-order valence-corrected chi connectivity index (χ4v) is 2.74. The van der Waals surface area contributed by atoms with Crippen LogP contribution in [0.15, 0.2) is 48.5 Å². The third-order valence-electron chi connectivity index (χ3n) is 4.23. The number of nitrogens with zero attached hydrogens (tertiary/aromatic N) is 4.